The molecule has 1 aromatic heterocycles. The molecule has 0 aliphatic carbocycles. The van der Waals surface area contributed by atoms with Crippen molar-refractivity contribution >= 4 is 22.0 Å². The van der Waals surface area contributed by atoms with E-state index in [9.17, 15) is 4.79 Å². The van der Waals surface area contributed by atoms with E-state index in [1.165, 1.54) is 5.56 Å². The molecule has 1 amide bonds. The van der Waals surface area contributed by atoms with Crippen LogP contribution >= 0.6 is 15.9 Å². The second-order valence-corrected chi connectivity index (χ2v) is 6.46. The van der Waals surface area contributed by atoms with E-state index < -0.39 is 5.60 Å². The van der Waals surface area contributed by atoms with Gasteiger partial charge in [0.05, 0.1) is 6.54 Å². The molecule has 0 spiro atoms. The van der Waals surface area contributed by atoms with E-state index in [0.717, 1.165) is 16.5 Å². The molecular weight excluding hydrogens is 320 g/mol. The summed E-state index contributed by atoms with van der Waals surface area (Å²) in [5.74, 6) is 0. The van der Waals surface area contributed by atoms with Gasteiger partial charge in [0.1, 0.15) is 5.60 Å². The normalized spacial score (nSPS) is 11.3. The predicted molar refractivity (Wildman–Crippen MR) is 83.6 cm³/mol. The zero-order valence-electron chi connectivity index (χ0n) is 12.9. The van der Waals surface area contributed by atoms with E-state index in [2.05, 4.69) is 27.8 Å². The minimum atomic E-state index is -0.479. The van der Waals surface area contributed by atoms with Gasteiger partial charge in [-0.2, -0.15) is 0 Å². The molecule has 0 bridgehead atoms. The Kier molecular flexibility index (Phi) is 5.99. The number of amides is 1. The van der Waals surface area contributed by atoms with Crippen LogP contribution in [0.3, 0.4) is 0 Å². The Morgan fingerprint density at radius 2 is 2.00 bits per heavy atom. The van der Waals surface area contributed by atoms with Crippen molar-refractivity contribution in [1.82, 2.24) is 9.88 Å². The molecule has 0 fully saturated rings. The van der Waals surface area contributed by atoms with Crippen LogP contribution in [0.15, 0.2) is 16.9 Å². The van der Waals surface area contributed by atoms with Gasteiger partial charge in [0.15, 0.2) is 0 Å². The number of ether oxygens (including phenoxy) is 1. The van der Waals surface area contributed by atoms with Crippen LogP contribution in [0, 0.1) is 0 Å². The van der Waals surface area contributed by atoms with Gasteiger partial charge in [0.2, 0.25) is 0 Å². The molecule has 0 aliphatic rings. The topological polar surface area (TPSA) is 42.4 Å². The molecule has 4 nitrogen and oxygen atoms in total. The molecule has 1 aromatic rings. The molecule has 1 rings (SSSR count). The van der Waals surface area contributed by atoms with Gasteiger partial charge in [-0.05, 0) is 61.2 Å². The summed E-state index contributed by atoms with van der Waals surface area (Å²) in [6.07, 6.45) is 4.20. The molecule has 5 heteroatoms. The Morgan fingerprint density at radius 1 is 1.35 bits per heavy atom. The lowest BCUT2D eigenvalue weighted by molar-refractivity contribution is 0.0244. The minimum absolute atomic E-state index is 0.290. The number of halogens is 1. The Bertz CT molecular complexity index is 469. The van der Waals surface area contributed by atoms with Gasteiger partial charge in [-0.25, -0.2) is 4.79 Å². The van der Waals surface area contributed by atoms with Crippen molar-refractivity contribution in [2.45, 2.75) is 53.2 Å². The summed E-state index contributed by atoms with van der Waals surface area (Å²) in [4.78, 5) is 18.0. The van der Waals surface area contributed by atoms with Crippen molar-refractivity contribution in [3.05, 3.63) is 28.0 Å². The highest BCUT2D eigenvalue weighted by Crippen LogP contribution is 2.22. The summed E-state index contributed by atoms with van der Waals surface area (Å²) in [5, 5.41) is 0. The fourth-order valence-corrected chi connectivity index (χ4v) is 2.52. The molecule has 20 heavy (non-hydrogen) atoms. The van der Waals surface area contributed by atoms with E-state index in [1.807, 2.05) is 33.9 Å². The zero-order valence-corrected chi connectivity index (χ0v) is 14.5. The summed E-state index contributed by atoms with van der Waals surface area (Å²) in [5.41, 5.74) is 1.75. The SMILES string of the molecule is CCc1c(Br)cncc1CN(CC)C(=O)OC(C)(C)C. The Labute approximate surface area is 129 Å². The fraction of sp³-hybridized carbons (Fsp3) is 0.600. The van der Waals surface area contributed by atoms with Gasteiger partial charge in [-0.1, -0.05) is 6.92 Å². The number of rotatable bonds is 4. The summed E-state index contributed by atoms with van der Waals surface area (Å²) in [6.45, 7) is 10.8. The third-order valence-electron chi connectivity index (χ3n) is 2.84. The molecule has 0 aliphatic heterocycles. The largest absolute Gasteiger partial charge is 0.444 e. The van der Waals surface area contributed by atoms with E-state index in [4.69, 9.17) is 4.74 Å². The highest BCUT2D eigenvalue weighted by Gasteiger charge is 2.22. The standard InChI is InChI=1S/C15H23BrN2O2/c1-6-12-11(8-17-9-13(12)16)10-18(7-2)14(19)20-15(3,4)5/h8-9H,6-7,10H2,1-5H3. The average Bonchev–Trinajstić information content (AvgIpc) is 2.33. The quantitative estimate of drug-likeness (QED) is 0.824. The van der Waals surface area contributed by atoms with Crippen LogP contribution in [0.25, 0.3) is 0 Å². The van der Waals surface area contributed by atoms with Gasteiger partial charge in [0.25, 0.3) is 0 Å². The second-order valence-electron chi connectivity index (χ2n) is 5.61. The first-order chi connectivity index (χ1) is 9.28. The Morgan fingerprint density at radius 3 is 2.50 bits per heavy atom. The first-order valence-electron chi connectivity index (χ1n) is 6.87. The van der Waals surface area contributed by atoms with E-state index in [0.29, 0.717) is 13.1 Å². The summed E-state index contributed by atoms with van der Waals surface area (Å²) < 4.78 is 6.41. The maximum Gasteiger partial charge on any atom is 0.410 e. The third kappa shape index (κ3) is 4.78. The highest BCUT2D eigenvalue weighted by atomic mass is 79.9. The molecule has 0 saturated carbocycles. The fourth-order valence-electron chi connectivity index (χ4n) is 1.87. The Balaban J connectivity index is 2.89. The first kappa shape index (κ1) is 17.0. The summed E-state index contributed by atoms with van der Waals surface area (Å²) in [6, 6.07) is 0. The van der Waals surface area contributed by atoms with Gasteiger partial charge < -0.3 is 9.64 Å². The molecule has 0 unspecified atom stereocenters. The molecule has 0 aromatic carbocycles. The van der Waals surface area contributed by atoms with Gasteiger partial charge in [-0.3, -0.25) is 4.98 Å². The Hall–Kier alpha value is -1.10. The van der Waals surface area contributed by atoms with Crippen LogP contribution in [-0.2, 0) is 17.7 Å². The first-order valence-corrected chi connectivity index (χ1v) is 7.67. The predicted octanol–water partition coefficient (Wildman–Crippen LogP) is 4.16. The molecule has 0 N–H and O–H groups in total. The van der Waals surface area contributed by atoms with Crippen molar-refractivity contribution < 1.29 is 9.53 Å². The smallest absolute Gasteiger partial charge is 0.410 e. The number of hydrogen-bond donors (Lipinski definition) is 0. The number of aromatic nitrogens is 1. The summed E-state index contributed by atoms with van der Waals surface area (Å²) >= 11 is 3.51. The van der Waals surface area contributed by atoms with Crippen molar-refractivity contribution in [3.8, 4) is 0 Å². The van der Waals surface area contributed by atoms with Crippen LogP contribution in [0.1, 0.15) is 45.7 Å². The summed E-state index contributed by atoms with van der Waals surface area (Å²) in [7, 11) is 0. The number of nitrogens with zero attached hydrogens (tertiary/aromatic N) is 2. The second kappa shape index (κ2) is 7.07. The maximum absolute atomic E-state index is 12.2. The maximum atomic E-state index is 12.2. The third-order valence-corrected chi connectivity index (χ3v) is 3.53. The van der Waals surface area contributed by atoms with Gasteiger partial charge in [-0.15, -0.1) is 0 Å². The molecular formula is C15H23BrN2O2. The molecule has 0 radical (unpaired) electrons. The van der Waals surface area contributed by atoms with Gasteiger partial charge >= 0.3 is 6.09 Å². The van der Waals surface area contributed by atoms with Crippen molar-refractivity contribution in [2.24, 2.45) is 0 Å². The molecule has 0 atom stereocenters. The lowest BCUT2D eigenvalue weighted by Crippen LogP contribution is -2.36. The molecule has 112 valence electrons. The highest BCUT2D eigenvalue weighted by molar-refractivity contribution is 9.10. The van der Waals surface area contributed by atoms with Crippen LogP contribution in [-0.4, -0.2) is 28.1 Å². The lowest BCUT2D eigenvalue weighted by Gasteiger charge is -2.27. The monoisotopic (exact) mass is 342 g/mol. The number of carbonyl (C=O) groups excluding carboxylic acids is 1. The van der Waals surface area contributed by atoms with Crippen molar-refractivity contribution in [2.75, 3.05) is 6.54 Å². The lowest BCUT2D eigenvalue weighted by atomic mass is 10.1. The van der Waals surface area contributed by atoms with E-state index >= 15 is 0 Å². The van der Waals surface area contributed by atoms with Crippen LogP contribution in [0.4, 0.5) is 4.79 Å². The zero-order chi connectivity index (χ0) is 15.3. The minimum Gasteiger partial charge on any atom is -0.444 e. The van der Waals surface area contributed by atoms with Crippen LogP contribution in [0.2, 0.25) is 0 Å². The van der Waals surface area contributed by atoms with Crippen LogP contribution < -0.4 is 0 Å². The van der Waals surface area contributed by atoms with E-state index in [1.54, 1.807) is 11.1 Å². The van der Waals surface area contributed by atoms with Gasteiger partial charge in [0, 0.05) is 23.4 Å². The number of pyridine rings is 1. The van der Waals surface area contributed by atoms with Crippen molar-refractivity contribution in [1.29, 1.82) is 0 Å². The molecule has 0 saturated heterocycles. The van der Waals surface area contributed by atoms with Crippen molar-refractivity contribution in [3.63, 3.8) is 0 Å². The average molecular weight is 343 g/mol. The molecule has 1 heterocycles. The van der Waals surface area contributed by atoms with E-state index in [-0.39, 0.29) is 6.09 Å². The number of hydrogen-bond acceptors (Lipinski definition) is 3. The van der Waals surface area contributed by atoms with Crippen LogP contribution in [0.5, 0.6) is 0 Å². The number of carbonyl (C=O) groups is 1.